The minimum absolute atomic E-state index is 0.133. The number of amides is 4. The summed E-state index contributed by atoms with van der Waals surface area (Å²) in [5.74, 6) is 2.87. The van der Waals surface area contributed by atoms with Crippen molar-refractivity contribution in [2.75, 3.05) is 27.3 Å². The topological polar surface area (TPSA) is 193 Å². The average Bonchev–Trinajstić information content (AvgIpc) is 4.03. The fraction of sp³-hybridized carbons (Fsp3) is 0.400. The molecule has 4 amide bonds. The molecule has 16 nitrogen and oxygen atoms in total. The van der Waals surface area contributed by atoms with E-state index in [4.69, 9.17) is 18.9 Å². The molecule has 2 aromatic heterocycles. The zero-order chi connectivity index (χ0) is 39.7. The highest BCUT2D eigenvalue weighted by molar-refractivity contribution is 5.97. The van der Waals surface area contributed by atoms with Gasteiger partial charge in [-0.2, -0.15) is 0 Å². The maximum Gasteiger partial charge on any atom is 0.411 e. The van der Waals surface area contributed by atoms with Gasteiger partial charge in [0.05, 0.1) is 50.1 Å². The number of benzene rings is 2. The molecule has 0 radical (unpaired) electrons. The summed E-state index contributed by atoms with van der Waals surface area (Å²) in [5.41, 5.74) is 3.99. The highest BCUT2D eigenvalue weighted by Gasteiger charge is 2.38. The Hall–Kier alpha value is -6.32. The quantitative estimate of drug-likeness (QED) is 0.117. The Labute approximate surface area is 324 Å². The van der Waals surface area contributed by atoms with Crippen molar-refractivity contribution in [2.45, 2.75) is 71.5 Å². The highest BCUT2D eigenvalue weighted by Crippen LogP contribution is 2.48. The zero-order valence-electron chi connectivity index (χ0n) is 32.2. The number of hydrogen-bond donors (Lipinski definition) is 4. The molecule has 0 saturated carbocycles. The lowest BCUT2D eigenvalue weighted by molar-refractivity contribution is -0.135. The monoisotopic (exact) mass is 766 g/mol. The van der Waals surface area contributed by atoms with Gasteiger partial charge in [-0.25, -0.2) is 19.6 Å². The van der Waals surface area contributed by atoms with E-state index in [1.807, 2.05) is 50.2 Å². The zero-order valence-corrected chi connectivity index (χ0v) is 32.2. The van der Waals surface area contributed by atoms with Crippen LogP contribution in [0.5, 0.6) is 23.0 Å². The molecule has 7 rings (SSSR count). The van der Waals surface area contributed by atoms with Crippen molar-refractivity contribution in [1.29, 1.82) is 0 Å². The Morgan fingerprint density at radius 3 is 1.80 bits per heavy atom. The second-order valence-corrected chi connectivity index (χ2v) is 14.6. The number of likely N-dealkylation sites (tertiary alicyclic amines) is 2. The van der Waals surface area contributed by atoms with Gasteiger partial charge in [-0.3, -0.25) is 14.9 Å². The molecular weight excluding hydrogens is 720 g/mol. The summed E-state index contributed by atoms with van der Waals surface area (Å²) in [7, 11) is 2.53. The summed E-state index contributed by atoms with van der Waals surface area (Å²) >= 11 is 0. The minimum Gasteiger partial charge on any atom is -0.453 e. The van der Waals surface area contributed by atoms with E-state index in [-0.39, 0.29) is 35.5 Å². The second kappa shape index (κ2) is 15.8. The Morgan fingerprint density at radius 2 is 1.29 bits per heavy atom. The summed E-state index contributed by atoms with van der Waals surface area (Å²) in [6.07, 6.45) is 5.19. The average molecular weight is 767 g/mol. The molecule has 294 valence electrons. The Kier molecular flexibility index (Phi) is 10.7. The molecular formula is C40H46N8O8. The number of methoxy groups -OCH3 is 2. The highest BCUT2D eigenvalue weighted by atomic mass is 16.6. The largest absolute Gasteiger partial charge is 0.453 e. The number of nitrogens with one attached hydrogen (secondary N) is 4. The first-order valence-corrected chi connectivity index (χ1v) is 18.7. The Morgan fingerprint density at radius 1 is 0.768 bits per heavy atom. The summed E-state index contributed by atoms with van der Waals surface area (Å²) < 4.78 is 22.1. The molecule has 16 heteroatoms. The molecule has 3 aliphatic heterocycles. The summed E-state index contributed by atoms with van der Waals surface area (Å²) in [6.45, 7) is 8.38. The number of carbonyl (C=O) groups is 4. The molecule has 2 aromatic carbocycles. The number of aromatic amines is 2. The van der Waals surface area contributed by atoms with E-state index in [0.717, 1.165) is 48.2 Å². The van der Waals surface area contributed by atoms with E-state index in [1.165, 1.54) is 14.2 Å². The van der Waals surface area contributed by atoms with Crippen LogP contribution in [-0.4, -0.2) is 87.1 Å². The molecule has 0 spiro atoms. The number of hydrogen-bond acceptors (Lipinski definition) is 10. The number of H-pyrrole nitrogens is 2. The van der Waals surface area contributed by atoms with Gasteiger partial charge in [-0.15, -0.1) is 0 Å². The fourth-order valence-electron chi connectivity index (χ4n) is 7.40. The van der Waals surface area contributed by atoms with Crippen molar-refractivity contribution in [3.63, 3.8) is 0 Å². The number of imidazole rings is 2. The van der Waals surface area contributed by atoms with Crippen molar-refractivity contribution < 1.29 is 38.1 Å². The van der Waals surface area contributed by atoms with E-state index < -0.39 is 18.2 Å². The minimum atomic E-state index is -0.721. The molecule has 5 heterocycles. The molecule has 4 N–H and O–H groups in total. The van der Waals surface area contributed by atoms with Gasteiger partial charge >= 0.3 is 12.2 Å². The number of carbonyl (C=O) groups excluding carboxylic acids is 4. The molecule has 56 heavy (non-hydrogen) atoms. The predicted molar refractivity (Wildman–Crippen MR) is 204 cm³/mol. The molecule has 4 aromatic rings. The standard InChI is InChI=1S/C40H46N8O8/c1-21(2)33(45-39(51)53-5)37(49)47-15-7-9-27(47)35-41-19-25(43-35)23-11-13-29-31(17-23)56-32-18-24(12-14-30(32)55-29)26-20-42-36(44-26)28-10-8-16-48(28)38(50)34(22(3)4)46-40(52)54-6/h11-14,17-21,27-28,33H,7-10,15-16H2,1-6H3,(H,41,43)(H,42,44)(H,45,51)(H,46,52)/t27-,28-,33-/m0/s1. The van der Waals surface area contributed by atoms with Crippen LogP contribution in [0.3, 0.4) is 0 Å². The van der Waals surface area contributed by atoms with Crippen LogP contribution >= 0.6 is 0 Å². The number of alkyl carbamates (subject to hydrolysis) is 2. The fourth-order valence-corrected chi connectivity index (χ4v) is 7.40. The maximum absolute atomic E-state index is 13.6. The lowest BCUT2D eigenvalue weighted by Crippen LogP contribution is -2.51. The van der Waals surface area contributed by atoms with E-state index in [9.17, 15) is 19.2 Å². The number of nitrogens with zero attached hydrogens (tertiary/aromatic N) is 4. The molecule has 0 unspecified atom stereocenters. The number of rotatable bonds is 9. The van der Waals surface area contributed by atoms with E-state index in [0.29, 0.717) is 53.3 Å². The SMILES string of the molecule is COC(=O)NC(C(=O)N1CCC[C@H]1c1ncc(-c2ccc3c(c2)Oc2cc(-c4cnc([C@@H]5CCCN5C(=O)[C@@H](NC(=O)OC)C(C)C)[nH]4)ccc2O3)[nH]1)=C(C)C. The van der Waals surface area contributed by atoms with Gasteiger partial charge in [0.2, 0.25) is 5.91 Å². The molecule has 2 saturated heterocycles. The van der Waals surface area contributed by atoms with Crippen LogP contribution in [0, 0.1) is 5.92 Å². The van der Waals surface area contributed by atoms with Crippen molar-refractivity contribution in [3.05, 3.63) is 71.7 Å². The second-order valence-electron chi connectivity index (χ2n) is 14.6. The van der Waals surface area contributed by atoms with Gasteiger partial charge in [-0.05, 0) is 87.4 Å². The first kappa shape index (κ1) is 38.0. The maximum atomic E-state index is 13.6. The normalized spacial score (nSPS) is 17.6. The van der Waals surface area contributed by atoms with Gasteiger partial charge in [0, 0.05) is 24.2 Å². The third-order valence-corrected chi connectivity index (χ3v) is 10.3. The third kappa shape index (κ3) is 7.50. The van der Waals surface area contributed by atoms with Crippen LogP contribution in [0.2, 0.25) is 0 Å². The van der Waals surface area contributed by atoms with Gasteiger partial charge in [0.25, 0.3) is 5.91 Å². The lowest BCUT2D eigenvalue weighted by Gasteiger charge is -2.30. The smallest absolute Gasteiger partial charge is 0.411 e. The summed E-state index contributed by atoms with van der Waals surface area (Å²) in [4.78, 5) is 70.7. The lowest BCUT2D eigenvalue weighted by atomic mass is 10.0. The van der Waals surface area contributed by atoms with Gasteiger partial charge < -0.3 is 44.0 Å². The van der Waals surface area contributed by atoms with Gasteiger partial charge in [0.15, 0.2) is 23.0 Å². The van der Waals surface area contributed by atoms with Crippen molar-refractivity contribution in [3.8, 4) is 45.5 Å². The predicted octanol–water partition coefficient (Wildman–Crippen LogP) is 6.72. The van der Waals surface area contributed by atoms with Crippen molar-refractivity contribution >= 4 is 24.0 Å². The number of ether oxygens (including phenoxy) is 4. The molecule has 0 bridgehead atoms. The van der Waals surface area contributed by atoms with Crippen LogP contribution in [0.4, 0.5) is 9.59 Å². The van der Waals surface area contributed by atoms with Crippen LogP contribution in [0.15, 0.2) is 60.1 Å². The van der Waals surface area contributed by atoms with Gasteiger partial charge in [-0.1, -0.05) is 13.8 Å². The Bertz CT molecular complexity index is 2190. The van der Waals surface area contributed by atoms with E-state index in [1.54, 1.807) is 36.0 Å². The van der Waals surface area contributed by atoms with E-state index in [2.05, 4.69) is 30.6 Å². The molecule has 0 aliphatic carbocycles. The summed E-state index contributed by atoms with van der Waals surface area (Å²) in [6, 6.07) is 9.99. The Balaban J connectivity index is 1.06. The van der Waals surface area contributed by atoms with Crippen molar-refractivity contribution in [1.82, 2.24) is 40.4 Å². The van der Waals surface area contributed by atoms with Gasteiger partial charge in [0.1, 0.15) is 23.4 Å². The molecule has 3 atom stereocenters. The number of allylic oxidation sites excluding steroid dienone is 1. The van der Waals surface area contributed by atoms with E-state index >= 15 is 0 Å². The van der Waals surface area contributed by atoms with Crippen molar-refractivity contribution in [2.24, 2.45) is 5.92 Å². The van der Waals surface area contributed by atoms with Crippen LogP contribution < -0.4 is 20.1 Å². The van der Waals surface area contributed by atoms with Crippen LogP contribution in [0.1, 0.15) is 77.1 Å². The number of aromatic nitrogens is 4. The summed E-state index contributed by atoms with van der Waals surface area (Å²) in [5, 5.41) is 5.25. The molecule has 3 aliphatic rings. The first-order chi connectivity index (χ1) is 26.9. The van der Waals surface area contributed by atoms with Crippen LogP contribution in [0.25, 0.3) is 22.5 Å². The third-order valence-electron chi connectivity index (χ3n) is 10.3. The number of fused-ring (bicyclic) bond motifs is 2. The first-order valence-electron chi connectivity index (χ1n) is 18.7. The van der Waals surface area contributed by atoms with Crippen LogP contribution in [-0.2, 0) is 19.1 Å². The molecule has 2 fully saturated rings.